The van der Waals surface area contributed by atoms with E-state index < -0.39 is 0 Å². The number of hydrogen-bond acceptors (Lipinski definition) is 2. The van der Waals surface area contributed by atoms with Crippen LogP contribution in [0.2, 0.25) is 0 Å². The van der Waals surface area contributed by atoms with Gasteiger partial charge < -0.3 is 10.5 Å². The molecule has 0 bridgehead atoms. The summed E-state index contributed by atoms with van der Waals surface area (Å²) >= 11 is 0. The van der Waals surface area contributed by atoms with E-state index in [1.165, 1.54) is 5.39 Å². The maximum atomic E-state index is 6.12. The van der Waals surface area contributed by atoms with Gasteiger partial charge in [-0.25, -0.2) is 0 Å². The summed E-state index contributed by atoms with van der Waals surface area (Å²) in [6, 6.07) is 22.5. The highest BCUT2D eigenvalue weighted by Crippen LogP contribution is 2.33. The predicted molar refractivity (Wildman–Crippen MR) is 87.3 cm³/mol. The molecule has 106 valence electrons. The first-order valence-corrected chi connectivity index (χ1v) is 7.19. The lowest BCUT2D eigenvalue weighted by molar-refractivity contribution is 0.305. The van der Waals surface area contributed by atoms with Crippen molar-refractivity contribution in [1.82, 2.24) is 0 Å². The molecular formula is C19H19NO. The number of hydrogen-bond donors (Lipinski definition) is 1. The molecule has 2 nitrogen and oxygen atoms in total. The van der Waals surface area contributed by atoms with Gasteiger partial charge in [0.05, 0.1) is 0 Å². The van der Waals surface area contributed by atoms with Crippen molar-refractivity contribution in [3.63, 3.8) is 0 Å². The van der Waals surface area contributed by atoms with Crippen LogP contribution in [0.4, 0.5) is 0 Å². The van der Waals surface area contributed by atoms with Gasteiger partial charge in [-0.15, -0.1) is 0 Å². The fourth-order valence-electron chi connectivity index (χ4n) is 2.51. The van der Waals surface area contributed by atoms with Gasteiger partial charge in [0.1, 0.15) is 12.4 Å². The number of fused-ring (bicyclic) bond motifs is 1. The van der Waals surface area contributed by atoms with Crippen molar-refractivity contribution >= 4 is 10.8 Å². The summed E-state index contributed by atoms with van der Waals surface area (Å²) in [5, 5.41) is 2.29. The molecule has 0 radical (unpaired) electrons. The van der Waals surface area contributed by atoms with E-state index in [0.29, 0.717) is 6.61 Å². The van der Waals surface area contributed by atoms with Crippen molar-refractivity contribution in [3.05, 3.63) is 77.9 Å². The van der Waals surface area contributed by atoms with Crippen molar-refractivity contribution in [3.8, 4) is 5.75 Å². The maximum Gasteiger partial charge on any atom is 0.132 e. The Morgan fingerprint density at radius 1 is 0.905 bits per heavy atom. The van der Waals surface area contributed by atoms with E-state index in [0.717, 1.165) is 22.3 Å². The van der Waals surface area contributed by atoms with E-state index in [4.69, 9.17) is 10.5 Å². The van der Waals surface area contributed by atoms with Crippen molar-refractivity contribution < 1.29 is 4.74 Å². The van der Waals surface area contributed by atoms with Gasteiger partial charge in [-0.3, -0.25) is 0 Å². The van der Waals surface area contributed by atoms with E-state index in [1.807, 2.05) is 37.3 Å². The molecule has 0 spiro atoms. The fraction of sp³-hybridized carbons (Fsp3) is 0.158. The van der Waals surface area contributed by atoms with Gasteiger partial charge in [-0.2, -0.15) is 0 Å². The number of rotatable bonds is 4. The third-order valence-corrected chi connectivity index (χ3v) is 3.63. The van der Waals surface area contributed by atoms with Gasteiger partial charge in [0, 0.05) is 17.0 Å². The summed E-state index contributed by atoms with van der Waals surface area (Å²) in [5.74, 6) is 0.895. The summed E-state index contributed by atoms with van der Waals surface area (Å²) in [6.45, 7) is 2.54. The molecule has 0 aliphatic carbocycles. The normalized spacial score (nSPS) is 12.3. The molecule has 3 rings (SSSR count). The van der Waals surface area contributed by atoms with Crippen LogP contribution in [0.5, 0.6) is 5.75 Å². The van der Waals surface area contributed by atoms with Crippen LogP contribution in [0.15, 0.2) is 66.7 Å². The zero-order chi connectivity index (χ0) is 14.7. The Labute approximate surface area is 125 Å². The van der Waals surface area contributed by atoms with E-state index in [2.05, 4.69) is 36.4 Å². The zero-order valence-corrected chi connectivity index (χ0v) is 12.1. The van der Waals surface area contributed by atoms with Crippen LogP contribution in [0.25, 0.3) is 10.8 Å². The second kappa shape index (κ2) is 5.98. The SMILES string of the molecule is CC(N)c1ccc2ccccc2c1OCc1ccccc1. The highest BCUT2D eigenvalue weighted by atomic mass is 16.5. The molecule has 0 heterocycles. The first kappa shape index (κ1) is 13.7. The minimum Gasteiger partial charge on any atom is -0.488 e. The zero-order valence-electron chi connectivity index (χ0n) is 12.1. The highest BCUT2D eigenvalue weighted by Gasteiger charge is 2.12. The molecule has 21 heavy (non-hydrogen) atoms. The predicted octanol–water partition coefficient (Wildman–Crippen LogP) is 4.44. The largest absolute Gasteiger partial charge is 0.488 e. The summed E-state index contributed by atoms with van der Waals surface area (Å²) in [5.41, 5.74) is 8.29. The van der Waals surface area contributed by atoms with Crippen LogP contribution in [0, 0.1) is 0 Å². The summed E-state index contributed by atoms with van der Waals surface area (Å²) in [4.78, 5) is 0. The van der Waals surface area contributed by atoms with Gasteiger partial charge in [0.15, 0.2) is 0 Å². The molecule has 0 saturated carbocycles. The topological polar surface area (TPSA) is 35.2 Å². The molecule has 0 fully saturated rings. The molecule has 3 aromatic rings. The number of nitrogens with two attached hydrogens (primary N) is 1. The maximum absolute atomic E-state index is 6.12. The summed E-state index contributed by atoms with van der Waals surface area (Å²) in [6.07, 6.45) is 0. The van der Waals surface area contributed by atoms with Crippen molar-refractivity contribution in [2.45, 2.75) is 19.6 Å². The van der Waals surface area contributed by atoms with Gasteiger partial charge in [-0.1, -0.05) is 66.7 Å². The Morgan fingerprint density at radius 2 is 1.62 bits per heavy atom. The van der Waals surface area contributed by atoms with Gasteiger partial charge >= 0.3 is 0 Å². The minimum absolute atomic E-state index is 0.0552. The van der Waals surface area contributed by atoms with E-state index in [-0.39, 0.29) is 6.04 Å². The third-order valence-electron chi connectivity index (χ3n) is 3.63. The van der Waals surface area contributed by atoms with E-state index >= 15 is 0 Å². The van der Waals surface area contributed by atoms with Crippen LogP contribution in [0.3, 0.4) is 0 Å². The average molecular weight is 277 g/mol. The molecule has 0 aliphatic heterocycles. The summed E-state index contributed by atoms with van der Waals surface area (Å²) < 4.78 is 6.12. The van der Waals surface area contributed by atoms with E-state index in [9.17, 15) is 0 Å². The quantitative estimate of drug-likeness (QED) is 0.765. The fourth-order valence-corrected chi connectivity index (χ4v) is 2.51. The lowest BCUT2D eigenvalue weighted by atomic mass is 10.0. The van der Waals surface area contributed by atoms with Crippen LogP contribution < -0.4 is 10.5 Å². The molecular weight excluding hydrogens is 258 g/mol. The first-order chi connectivity index (χ1) is 10.3. The van der Waals surface area contributed by atoms with Gasteiger partial charge in [0.2, 0.25) is 0 Å². The third kappa shape index (κ3) is 2.91. The molecule has 3 aromatic carbocycles. The van der Waals surface area contributed by atoms with Crippen LogP contribution in [-0.4, -0.2) is 0 Å². The van der Waals surface area contributed by atoms with Crippen molar-refractivity contribution in [2.75, 3.05) is 0 Å². The van der Waals surface area contributed by atoms with E-state index in [1.54, 1.807) is 0 Å². The van der Waals surface area contributed by atoms with Gasteiger partial charge in [-0.05, 0) is 17.9 Å². The Hall–Kier alpha value is -2.32. The van der Waals surface area contributed by atoms with Crippen LogP contribution >= 0.6 is 0 Å². The Bertz CT molecular complexity index is 735. The molecule has 1 atom stereocenters. The monoisotopic (exact) mass is 277 g/mol. The first-order valence-electron chi connectivity index (χ1n) is 7.19. The Kier molecular flexibility index (Phi) is 3.89. The van der Waals surface area contributed by atoms with Crippen molar-refractivity contribution in [2.24, 2.45) is 5.73 Å². The van der Waals surface area contributed by atoms with Crippen LogP contribution in [-0.2, 0) is 6.61 Å². The molecule has 0 aliphatic rings. The smallest absolute Gasteiger partial charge is 0.132 e. The minimum atomic E-state index is -0.0552. The molecule has 1 unspecified atom stereocenters. The summed E-state index contributed by atoms with van der Waals surface area (Å²) in [7, 11) is 0. The second-order valence-electron chi connectivity index (χ2n) is 5.27. The molecule has 0 aromatic heterocycles. The lowest BCUT2D eigenvalue weighted by Crippen LogP contribution is -2.08. The Morgan fingerprint density at radius 3 is 2.38 bits per heavy atom. The molecule has 2 heteroatoms. The molecule has 0 saturated heterocycles. The molecule has 0 amide bonds. The van der Waals surface area contributed by atoms with Gasteiger partial charge in [0.25, 0.3) is 0 Å². The molecule has 2 N–H and O–H groups in total. The second-order valence-corrected chi connectivity index (χ2v) is 5.27. The van der Waals surface area contributed by atoms with Crippen LogP contribution in [0.1, 0.15) is 24.1 Å². The highest BCUT2D eigenvalue weighted by molar-refractivity contribution is 5.89. The number of ether oxygens (including phenoxy) is 1. The number of benzene rings is 3. The average Bonchev–Trinajstić information content (AvgIpc) is 2.53. The lowest BCUT2D eigenvalue weighted by Gasteiger charge is -2.16. The standard InChI is InChI=1S/C19H19NO/c1-14(20)17-12-11-16-9-5-6-10-18(16)19(17)21-13-15-7-3-2-4-8-15/h2-12,14H,13,20H2,1H3. The Balaban J connectivity index is 2.00. The van der Waals surface area contributed by atoms with Crippen molar-refractivity contribution in [1.29, 1.82) is 0 Å².